The molecule has 1 aromatic heterocycles. The molecule has 0 bridgehead atoms. The van der Waals surface area contributed by atoms with E-state index in [1.54, 1.807) is 12.1 Å². The van der Waals surface area contributed by atoms with Gasteiger partial charge in [-0.25, -0.2) is 13.8 Å². The molecule has 1 aliphatic carbocycles. The second kappa shape index (κ2) is 13.7. The standard InChI is InChI=1S/C34H32F2N2O2.C2H6/c1-4-23-12-13-30(25-8-6-9-28(17-25)34(33(35)36)14-7-15-34)38-31(23)16-22(3)19-37-32(39)26-10-11-27-21-40-20-24(5-2)29(27)18-26;1-2/h2,4,6,8-13,16-18,24,33H,3,7,14-15,19-21H2,1H3,(H,37,39);1-2H3/b23-4-,31-16+;. The second-order valence-electron chi connectivity index (χ2n) is 10.5. The number of aromatic nitrogens is 1. The number of alkyl halides is 2. The number of carbonyl (C=O) groups excluding carboxylic acids is 1. The Morgan fingerprint density at radius 2 is 2.00 bits per heavy atom. The molecule has 1 fully saturated rings. The molecular weight excluding hydrogens is 530 g/mol. The molecular formula is C36H38F2N2O2. The molecule has 1 unspecified atom stereocenters. The van der Waals surface area contributed by atoms with Gasteiger partial charge in [-0.2, -0.15) is 0 Å². The maximum absolute atomic E-state index is 13.9. The fraction of sp³-hybridized carbons (Fsp3) is 0.333. The molecule has 4 nitrogen and oxygen atoms in total. The van der Waals surface area contributed by atoms with Crippen molar-refractivity contribution in [3.05, 3.63) is 99.6 Å². The number of halogens is 2. The molecule has 2 aliphatic rings. The first-order chi connectivity index (χ1) is 20.3. The molecule has 2 aromatic carbocycles. The normalized spacial score (nSPS) is 17.8. The van der Waals surface area contributed by atoms with Gasteiger partial charge < -0.3 is 10.1 Å². The van der Waals surface area contributed by atoms with E-state index in [1.165, 1.54) is 0 Å². The van der Waals surface area contributed by atoms with E-state index < -0.39 is 11.8 Å². The van der Waals surface area contributed by atoms with Gasteiger partial charge in [0, 0.05) is 17.7 Å². The van der Waals surface area contributed by atoms with Crippen LogP contribution in [0, 0.1) is 12.3 Å². The molecule has 218 valence electrons. The lowest BCUT2D eigenvalue weighted by Crippen LogP contribution is -2.41. The van der Waals surface area contributed by atoms with Crippen molar-refractivity contribution in [3.63, 3.8) is 0 Å². The molecule has 6 heteroatoms. The van der Waals surface area contributed by atoms with Gasteiger partial charge in [0.05, 0.1) is 35.6 Å². The van der Waals surface area contributed by atoms with E-state index in [9.17, 15) is 13.6 Å². The highest BCUT2D eigenvalue weighted by molar-refractivity contribution is 5.94. The molecule has 1 aliphatic heterocycles. The van der Waals surface area contributed by atoms with Gasteiger partial charge in [0.15, 0.2) is 0 Å². The van der Waals surface area contributed by atoms with Gasteiger partial charge in [-0.3, -0.25) is 4.79 Å². The summed E-state index contributed by atoms with van der Waals surface area (Å²) in [6.45, 7) is 11.2. The minimum absolute atomic E-state index is 0.169. The minimum atomic E-state index is -2.39. The van der Waals surface area contributed by atoms with Crippen LogP contribution in [0.15, 0.2) is 66.7 Å². The molecule has 2 heterocycles. The minimum Gasteiger partial charge on any atom is -0.375 e. The Bertz CT molecular complexity index is 1620. The van der Waals surface area contributed by atoms with E-state index in [2.05, 4.69) is 17.8 Å². The van der Waals surface area contributed by atoms with Crippen molar-refractivity contribution in [1.82, 2.24) is 10.3 Å². The number of amides is 1. The van der Waals surface area contributed by atoms with Crippen LogP contribution in [0.25, 0.3) is 23.4 Å². The summed E-state index contributed by atoms with van der Waals surface area (Å²) in [5.74, 6) is 2.35. The Kier molecular flexibility index (Phi) is 10.1. The third-order valence-electron chi connectivity index (χ3n) is 8.01. The lowest BCUT2D eigenvalue weighted by Gasteiger charge is -2.41. The van der Waals surface area contributed by atoms with Crippen LogP contribution in [0.1, 0.15) is 73.0 Å². The smallest absolute Gasteiger partial charge is 0.251 e. The molecule has 5 rings (SSSR count). The summed E-state index contributed by atoms with van der Waals surface area (Å²) >= 11 is 0. The Labute approximate surface area is 247 Å². The summed E-state index contributed by atoms with van der Waals surface area (Å²) < 4.78 is 33.4. The number of terminal acetylenes is 1. The molecule has 3 aromatic rings. The van der Waals surface area contributed by atoms with Crippen LogP contribution in [0.5, 0.6) is 0 Å². The van der Waals surface area contributed by atoms with E-state index in [0.29, 0.717) is 53.8 Å². The number of hydrogen-bond acceptors (Lipinski definition) is 3. The van der Waals surface area contributed by atoms with Crippen molar-refractivity contribution in [2.75, 3.05) is 13.2 Å². The highest BCUT2D eigenvalue weighted by atomic mass is 19.3. The molecule has 1 amide bonds. The Balaban J connectivity index is 0.00000198. The number of rotatable bonds is 7. The molecule has 0 saturated heterocycles. The van der Waals surface area contributed by atoms with Crippen LogP contribution in [0.3, 0.4) is 0 Å². The monoisotopic (exact) mass is 568 g/mol. The van der Waals surface area contributed by atoms with E-state index in [1.807, 2.05) is 75.4 Å². The fourth-order valence-electron chi connectivity index (χ4n) is 5.43. The first kappa shape index (κ1) is 30.9. The zero-order valence-corrected chi connectivity index (χ0v) is 24.6. The van der Waals surface area contributed by atoms with Crippen molar-refractivity contribution in [2.24, 2.45) is 0 Å². The zero-order valence-electron chi connectivity index (χ0n) is 24.6. The first-order valence-electron chi connectivity index (χ1n) is 14.5. The van der Waals surface area contributed by atoms with Crippen LogP contribution in [0.2, 0.25) is 0 Å². The third-order valence-corrected chi connectivity index (χ3v) is 8.01. The molecule has 1 N–H and O–H groups in total. The topological polar surface area (TPSA) is 51.2 Å². The zero-order chi connectivity index (χ0) is 30.3. The highest BCUT2D eigenvalue weighted by Crippen LogP contribution is 2.48. The molecule has 1 saturated carbocycles. The van der Waals surface area contributed by atoms with E-state index >= 15 is 0 Å². The number of ether oxygens (including phenoxy) is 1. The predicted molar refractivity (Wildman–Crippen MR) is 166 cm³/mol. The van der Waals surface area contributed by atoms with E-state index in [4.69, 9.17) is 16.1 Å². The van der Waals surface area contributed by atoms with Crippen molar-refractivity contribution in [3.8, 4) is 23.6 Å². The number of nitrogens with one attached hydrogen (secondary N) is 1. The molecule has 42 heavy (non-hydrogen) atoms. The lowest BCUT2D eigenvalue weighted by atomic mass is 9.64. The van der Waals surface area contributed by atoms with E-state index in [-0.39, 0.29) is 18.4 Å². The van der Waals surface area contributed by atoms with Gasteiger partial charge in [0.1, 0.15) is 0 Å². The first-order valence-corrected chi connectivity index (χ1v) is 14.5. The van der Waals surface area contributed by atoms with Gasteiger partial charge in [0.2, 0.25) is 6.43 Å². The Morgan fingerprint density at radius 1 is 1.21 bits per heavy atom. The van der Waals surface area contributed by atoms with Gasteiger partial charge in [0.25, 0.3) is 5.91 Å². The molecule has 0 spiro atoms. The highest BCUT2D eigenvalue weighted by Gasteiger charge is 2.46. The van der Waals surface area contributed by atoms with Gasteiger partial charge in [-0.15, -0.1) is 6.42 Å². The maximum atomic E-state index is 13.9. The maximum Gasteiger partial charge on any atom is 0.251 e. The number of fused-ring (bicyclic) bond motifs is 1. The van der Waals surface area contributed by atoms with Crippen molar-refractivity contribution in [2.45, 2.75) is 64.4 Å². The summed E-state index contributed by atoms with van der Waals surface area (Å²) in [5.41, 5.74) is 4.27. The van der Waals surface area contributed by atoms with Crippen molar-refractivity contribution in [1.29, 1.82) is 0 Å². The SMILES string of the molecule is C#CC1COCc2ccc(C(=O)NCC(=C)/C=c3/nc(-c4cccc(C5(C(F)F)CCC5)c4)cc/c3=C/C)cc21.CC. The van der Waals surface area contributed by atoms with Crippen LogP contribution < -0.4 is 15.9 Å². The second-order valence-corrected chi connectivity index (χ2v) is 10.5. The number of nitrogens with zero attached hydrogens (tertiary/aromatic N) is 1. The summed E-state index contributed by atoms with van der Waals surface area (Å²) in [4.78, 5) is 17.7. The number of pyridine rings is 1. The van der Waals surface area contributed by atoms with Crippen LogP contribution in [-0.2, 0) is 16.8 Å². The van der Waals surface area contributed by atoms with Gasteiger partial charge >= 0.3 is 0 Å². The van der Waals surface area contributed by atoms with Crippen LogP contribution in [-0.4, -0.2) is 30.5 Å². The van der Waals surface area contributed by atoms with Gasteiger partial charge in [-0.1, -0.05) is 69.2 Å². The van der Waals surface area contributed by atoms with Gasteiger partial charge in [-0.05, 0) is 77.6 Å². The van der Waals surface area contributed by atoms with E-state index in [0.717, 1.165) is 28.3 Å². The number of benzene rings is 2. The third kappa shape index (κ3) is 6.37. The number of hydrogen-bond donors (Lipinski definition) is 1. The fourth-order valence-corrected chi connectivity index (χ4v) is 5.43. The lowest BCUT2D eigenvalue weighted by molar-refractivity contribution is 0.000864. The summed E-state index contributed by atoms with van der Waals surface area (Å²) in [5, 5.41) is 4.53. The Hall–Kier alpha value is -4.08. The summed E-state index contributed by atoms with van der Waals surface area (Å²) in [6.07, 6.45) is 8.87. The van der Waals surface area contributed by atoms with Crippen molar-refractivity contribution < 1.29 is 18.3 Å². The number of carbonyl (C=O) groups is 1. The summed E-state index contributed by atoms with van der Waals surface area (Å²) in [7, 11) is 0. The molecule has 1 atom stereocenters. The average molecular weight is 569 g/mol. The Morgan fingerprint density at radius 3 is 2.67 bits per heavy atom. The van der Waals surface area contributed by atoms with Crippen LogP contribution in [0.4, 0.5) is 8.78 Å². The van der Waals surface area contributed by atoms with Crippen molar-refractivity contribution >= 4 is 18.1 Å². The largest absolute Gasteiger partial charge is 0.375 e. The quantitative estimate of drug-likeness (QED) is 0.342. The average Bonchev–Trinajstić information content (AvgIpc) is 2.99. The van der Waals surface area contributed by atoms with Crippen LogP contribution >= 0.6 is 0 Å². The summed E-state index contributed by atoms with van der Waals surface area (Å²) in [6, 6.07) is 16.7. The molecule has 0 radical (unpaired) electrons. The predicted octanol–water partition coefficient (Wildman–Crippen LogP) is 6.28.